The lowest BCUT2D eigenvalue weighted by Gasteiger charge is -2.20. The van der Waals surface area contributed by atoms with Crippen LogP contribution in [0.4, 0.5) is 5.69 Å². The highest BCUT2D eigenvalue weighted by atomic mass is 35.5. The number of carbonyl (C=O) groups excluding carboxylic acids is 1. The number of hydrogen-bond donors (Lipinski definition) is 2. The summed E-state index contributed by atoms with van der Waals surface area (Å²) in [6, 6.07) is 12.0. The second-order valence-electron chi connectivity index (χ2n) is 6.94. The van der Waals surface area contributed by atoms with Gasteiger partial charge in [0.25, 0.3) is 0 Å². The molecule has 0 aromatic heterocycles. The van der Waals surface area contributed by atoms with Crippen molar-refractivity contribution in [3.63, 3.8) is 0 Å². The van der Waals surface area contributed by atoms with Crippen LogP contribution in [0.3, 0.4) is 0 Å². The fraction of sp³-hybridized carbons (Fsp3) is 0.316. The van der Waals surface area contributed by atoms with Gasteiger partial charge in [0.1, 0.15) is 0 Å². The Morgan fingerprint density at radius 2 is 1.76 bits per heavy atom. The van der Waals surface area contributed by atoms with E-state index in [0.717, 1.165) is 5.56 Å². The third kappa shape index (κ3) is 5.16. The highest BCUT2D eigenvalue weighted by Crippen LogP contribution is 2.27. The van der Waals surface area contributed by atoms with Gasteiger partial charge < -0.3 is 10.6 Å². The number of nitrogens with one attached hydrogen (secondary N) is 2. The third-order valence-corrected chi connectivity index (χ3v) is 9.25. The second-order valence-corrected chi connectivity index (χ2v) is 11.7. The summed E-state index contributed by atoms with van der Waals surface area (Å²) in [5, 5.41) is 5.03. The van der Waals surface area contributed by atoms with E-state index in [1.165, 1.54) is 31.2 Å². The largest absolute Gasteiger partial charge is 0.326 e. The normalized spacial score (nSPS) is 21.0. The first-order valence-corrected chi connectivity index (χ1v) is 12.6. The number of benzene rings is 2. The number of amides is 1. The van der Waals surface area contributed by atoms with Gasteiger partial charge >= 0.3 is 0 Å². The molecule has 1 fully saturated rings. The molecule has 1 aliphatic rings. The van der Waals surface area contributed by atoms with Crippen LogP contribution in [-0.4, -0.2) is 45.5 Å². The predicted octanol–water partition coefficient (Wildman–Crippen LogP) is 2.03. The monoisotopic (exact) mass is 456 g/mol. The quantitative estimate of drug-likeness (QED) is 0.688. The average molecular weight is 457 g/mol. The maximum absolute atomic E-state index is 13.1. The molecular weight excluding hydrogens is 436 g/mol. The second kappa shape index (κ2) is 8.43. The number of rotatable bonds is 6. The highest BCUT2D eigenvalue weighted by Gasteiger charge is 2.45. The molecule has 1 aliphatic heterocycles. The Kier molecular flexibility index (Phi) is 6.33. The summed E-state index contributed by atoms with van der Waals surface area (Å²) in [5.74, 6) is -0.972. The van der Waals surface area contributed by atoms with Crippen LogP contribution in [0.25, 0.3) is 0 Å². The molecule has 2 unspecified atom stereocenters. The van der Waals surface area contributed by atoms with Crippen molar-refractivity contribution in [3.05, 3.63) is 59.1 Å². The molecule has 2 N–H and O–H groups in total. The number of anilines is 1. The van der Waals surface area contributed by atoms with Gasteiger partial charge in [0.2, 0.25) is 5.91 Å². The molecule has 2 atom stereocenters. The van der Waals surface area contributed by atoms with Gasteiger partial charge in [0, 0.05) is 30.2 Å². The first-order valence-electron chi connectivity index (χ1n) is 8.87. The topological polar surface area (TPSA) is 109 Å². The molecule has 2 aromatic carbocycles. The lowest BCUT2D eigenvalue weighted by molar-refractivity contribution is -0.114. The van der Waals surface area contributed by atoms with E-state index in [1.54, 1.807) is 24.3 Å². The molecule has 0 saturated carbocycles. The van der Waals surface area contributed by atoms with Gasteiger partial charge in [-0.1, -0.05) is 29.8 Å². The summed E-state index contributed by atoms with van der Waals surface area (Å²) >= 11 is 6.13. The standard InChI is InChI=1S/C19H21ClN2O5S2/c1-13(23)22-15-6-8-16(9-7-15)29(26,27)19-12-28(24,25)11-18(19)21-10-14-4-2-3-5-17(14)20/h2-9,18-19,21H,10-12H2,1H3,(H,22,23). The minimum absolute atomic E-state index is 0.0123. The highest BCUT2D eigenvalue weighted by molar-refractivity contribution is 7.96. The molecule has 7 nitrogen and oxygen atoms in total. The van der Waals surface area contributed by atoms with Gasteiger partial charge in [-0.3, -0.25) is 4.79 Å². The predicted molar refractivity (Wildman–Crippen MR) is 112 cm³/mol. The fourth-order valence-corrected chi connectivity index (χ4v) is 8.22. The fourth-order valence-electron chi connectivity index (χ4n) is 3.30. The average Bonchev–Trinajstić information content (AvgIpc) is 2.96. The zero-order valence-electron chi connectivity index (χ0n) is 15.6. The lowest BCUT2D eigenvalue weighted by Crippen LogP contribution is -2.43. The molecule has 1 amide bonds. The van der Waals surface area contributed by atoms with E-state index in [1.807, 2.05) is 0 Å². The Bertz CT molecular complexity index is 1120. The SMILES string of the molecule is CC(=O)Nc1ccc(S(=O)(=O)C2CS(=O)(=O)CC2NCc2ccccc2Cl)cc1. The molecular formula is C19H21ClN2O5S2. The van der Waals surface area contributed by atoms with E-state index in [9.17, 15) is 21.6 Å². The Balaban J connectivity index is 1.83. The van der Waals surface area contributed by atoms with E-state index in [-0.39, 0.29) is 23.1 Å². The van der Waals surface area contributed by atoms with E-state index in [0.29, 0.717) is 10.7 Å². The van der Waals surface area contributed by atoms with Crippen molar-refractivity contribution in [1.29, 1.82) is 0 Å². The van der Waals surface area contributed by atoms with Crippen LogP contribution in [0.2, 0.25) is 5.02 Å². The maximum atomic E-state index is 13.1. The van der Waals surface area contributed by atoms with Gasteiger partial charge in [-0.15, -0.1) is 0 Å². The molecule has 0 aliphatic carbocycles. The molecule has 0 bridgehead atoms. The van der Waals surface area contributed by atoms with E-state index in [4.69, 9.17) is 11.6 Å². The van der Waals surface area contributed by atoms with Crippen LogP contribution in [-0.2, 0) is 31.0 Å². The van der Waals surface area contributed by atoms with Gasteiger partial charge in [0.05, 0.1) is 21.7 Å². The number of hydrogen-bond acceptors (Lipinski definition) is 6. The molecule has 1 heterocycles. The van der Waals surface area contributed by atoms with Crippen LogP contribution in [0, 0.1) is 0 Å². The van der Waals surface area contributed by atoms with Crippen molar-refractivity contribution in [2.24, 2.45) is 0 Å². The van der Waals surface area contributed by atoms with Crippen LogP contribution in [0.1, 0.15) is 12.5 Å². The lowest BCUT2D eigenvalue weighted by atomic mass is 10.2. The van der Waals surface area contributed by atoms with E-state index >= 15 is 0 Å². The first kappa shape index (κ1) is 21.8. The number of carbonyl (C=O) groups is 1. The Hall–Kier alpha value is -1.94. The van der Waals surface area contributed by atoms with Crippen molar-refractivity contribution in [2.45, 2.75) is 29.7 Å². The van der Waals surface area contributed by atoms with E-state index in [2.05, 4.69) is 10.6 Å². The van der Waals surface area contributed by atoms with E-state index < -0.39 is 36.7 Å². The minimum atomic E-state index is -3.91. The first-order chi connectivity index (χ1) is 13.6. The van der Waals surface area contributed by atoms with Crippen molar-refractivity contribution in [3.8, 4) is 0 Å². The summed E-state index contributed by atoms with van der Waals surface area (Å²) in [7, 11) is -7.41. The van der Waals surface area contributed by atoms with Gasteiger partial charge in [0.15, 0.2) is 19.7 Å². The molecule has 29 heavy (non-hydrogen) atoms. The van der Waals surface area contributed by atoms with Crippen LogP contribution >= 0.6 is 11.6 Å². The Morgan fingerprint density at radius 1 is 1.10 bits per heavy atom. The molecule has 2 aromatic rings. The molecule has 0 spiro atoms. The van der Waals surface area contributed by atoms with Gasteiger partial charge in [-0.05, 0) is 35.9 Å². The molecule has 0 radical (unpaired) electrons. The summed E-state index contributed by atoms with van der Waals surface area (Å²) in [6.07, 6.45) is 0. The molecule has 1 saturated heterocycles. The molecule has 3 rings (SSSR count). The maximum Gasteiger partial charge on any atom is 0.221 e. The smallest absolute Gasteiger partial charge is 0.221 e. The van der Waals surface area contributed by atoms with Crippen molar-refractivity contribution in [1.82, 2.24) is 5.32 Å². The van der Waals surface area contributed by atoms with Crippen LogP contribution in [0.5, 0.6) is 0 Å². The third-order valence-electron chi connectivity index (χ3n) is 4.71. The van der Waals surface area contributed by atoms with Crippen molar-refractivity contribution < 1.29 is 21.6 Å². The zero-order valence-corrected chi connectivity index (χ0v) is 18.0. The Labute approximate surface area is 175 Å². The Morgan fingerprint density at radius 3 is 2.38 bits per heavy atom. The number of halogens is 1. The van der Waals surface area contributed by atoms with Crippen LogP contribution in [0.15, 0.2) is 53.4 Å². The van der Waals surface area contributed by atoms with Gasteiger partial charge in [-0.25, -0.2) is 16.8 Å². The number of sulfone groups is 2. The van der Waals surface area contributed by atoms with Gasteiger partial charge in [-0.2, -0.15) is 0 Å². The van der Waals surface area contributed by atoms with Crippen molar-refractivity contribution in [2.75, 3.05) is 16.8 Å². The van der Waals surface area contributed by atoms with Crippen molar-refractivity contribution >= 4 is 42.9 Å². The molecule has 156 valence electrons. The summed E-state index contributed by atoms with van der Waals surface area (Å²) in [6.45, 7) is 1.61. The van der Waals surface area contributed by atoms with Crippen LogP contribution < -0.4 is 10.6 Å². The minimum Gasteiger partial charge on any atom is -0.326 e. The summed E-state index contributed by atoms with van der Waals surface area (Å²) in [4.78, 5) is 11.1. The summed E-state index contributed by atoms with van der Waals surface area (Å²) < 4.78 is 50.7. The molecule has 10 heteroatoms. The zero-order chi connectivity index (χ0) is 21.2. The summed E-state index contributed by atoms with van der Waals surface area (Å²) in [5.41, 5.74) is 1.22.